The van der Waals surface area contributed by atoms with Crippen LogP contribution in [-0.2, 0) is 10.8 Å². The standard InChI is InChI=1S/C14H20BrNOS/c1-16-13(11-6-2-3-7-11)10-18(17)14-9-5-4-8-12(14)15/h4-5,8-9,11,13,16H,2-3,6-7,10H2,1H3. The molecular weight excluding hydrogens is 310 g/mol. The van der Waals surface area contributed by atoms with Gasteiger partial charge in [-0.1, -0.05) is 25.0 Å². The van der Waals surface area contributed by atoms with Crippen LogP contribution in [0.1, 0.15) is 25.7 Å². The summed E-state index contributed by atoms with van der Waals surface area (Å²) in [4.78, 5) is 0.913. The summed E-state index contributed by atoms with van der Waals surface area (Å²) in [6, 6.07) is 8.18. The third kappa shape index (κ3) is 3.43. The van der Waals surface area contributed by atoms with Crippen LogP contribution in [0.4, 0.5) is 0 Å². The first kappa shape index (κ1) is 14.2. The molecule has 1 aromatic rings. The molecule has 2 nitrogen and oxygen atoms in total. The number of benzene rings is 1. The van der Waals surface area contributed by atoms with Crippen LogP contribution in [0.15, 0.2) is 33.6 Å². The summed E-state index contributed by atoms with van der Waals surface area (Å²) >= 11 is 3.48. The highest BCUT2D eigenvalue weighted by molar-refractivity contribution is 9.10. The quantitative estimate of drug-likeness (QED) is 0.897. The van der Waals surface area contributed by atoms with Crippen molar-refractivity contribution in [2.75, 3.05) is 12.8 Å². The number of hydrogen-bond donors (Lipinski definition) is 1. The lowest BCUT2D eigenvalue weighted by Gasteiger charge is -2.22. The summed E-state index contributed by atoms with van der Waals surface area (Å²) < 4.78 is 13.4. The fraction of sp³-hybridized carbons (Fsp3) is 0.571. The van der Waals surface area contributed by atoms with E-state index in [1.807, 2.05) is 31.3 Å². The predicted octanol–water partition coefficient (Wildman–Crippen LogP) is 3.33. The van der Waals surface area contributed by atoms with Crippen molar-refractivity contribution >= 4 is 26.7 Å². The lowest BCUT2D eigenvalue weighted by atomic mass is 10.0. The van der Waals surface area contributed by atoms with Crippen molar-refractivity contribution in [2.45, 2.75) is 36.6 Å². The van der Waals surface area contributed by atoms with Crippen molar-refractivity contribution in [3.63, 3.8) is 0 Å². The highest BCUT2D eigenvalue weighted by Gasteiger charge is 2.25. The third-order valence-corrected chi connectivity index (χ3v) is 6.21. The van der Waals surface area contributed by atoms with Crippen LogP contribution < -0.4 is 5.32 Å². The van der Waals surface area contributed by atoms with E-state index in [4.69, 9.17) is 0 Å². The molecule has 1 saturated carbocycles. The van der Waals surface area contributed by atoms with Crippen molar-refractivity contribution < 1.29 is 4.21 Å². The van der Waals surface area contributed by atoms with Gasteiger partial charge >= 0.3 is 0 Å². The molecule has 0 aromatic heterocycles. The van der Waals surface area contributed by atoms with E-state index >= 15 is 0 Å². The zero-order valence-electron chi connectivity index (χ0n) is 10.7. The van der Waals surface area contributed by atoms with Gasteiger partial charge in [0.1, 0.15) is 0 Å². The summed E-state index contributed by atoms with van der Waals surface area (Å²) in [5.74, 6) is 1.41. The molecule has 1 fully saturated rings. The molecular formula is C14H20BrNOS. The summed E-state index contributed by atoms with van der Waals surface area (Å²) in [5.41, 5.74) is 0. The van der Waals surface area contributed by atoms with Gasteiger partial charge in [-0.05, 0) is 53.9 Å². The number of rotatable bonds is 5. The molecule has 0 radical (unpaired) electrons. The van der Waals surface area contributed by atoms with E-state index in [0.29, 0.717) is 17.7 Å². The topological polar surface area (TPSA) is 29.1 Å². The van der Waals surface area contributed by atoms with E-state index in [1.165, 1.54) is 25.7 Å². The van der Waals surface area contributed by atoms with Crippen LogP contribution >= 0.6 is 15.9 Å². The third-order valence-electron chi connectivity index (χ3n) is 3.75. The van der Waals surface area contributed by atoms with Gasteiger partial charge in [0.2, 0.25) is 0 Å². The van der Waals surface area contributed by atoms with Crippen LogP contribution in [0.3, 0.4) is 0 Å². The second kappa shape index (κ2) is 6.83. The minimum atomic E-state index is -0.930. The van der Waals surface area contributed by atoms with Crippen molar-refractivity contribution in [3.05, 3.63) is 28.7 Å². The molecule has 0 heterocycles. The first-order chi connectivity index (χ1) is 8.72. The van der Waals surface area contributed by atoms with Gasteiger partial charge in [0.05, 0.1) is 15.7 Å². The fourth-order valence-corrected chi connectivity index (χ4v) is 4.98. The molecule has 0 saturated heterocycles. The normalized spacial score (nSPS) is 19.9. The minimum absolute atomic E-state index is 0.375. The van der Waals surface area contributed by atoms with Crippen molar-refractivity contribution in [1.29, 1.82) is 0 Å². The maximum Gasteiger partial charge on any atom is 0.0556 e. The molecule has 2 unspecified atom stereocenters. The Morgan fingerprint density at radius 2 is 2.06 bits per heavy atom. The fourth-order valence-electron chi connectivity index (χ4n) is 2.70. The second-order valence-electron chi connectivity index (χ2n) is 4.88. The molecule has 1 aliphatic carbocycles. The van der Waals surface area contributed by atoms with Crippen LogP contribution in [0, 0.1) is 5.92 Å². The maximum atomic E-state index is 12.4. The van der Waals surface area contributed by atoms with Crippen molar-refractivity contribution in [3.8, 4) is 0 Å². The molecule has 100 valence electrons. The Hall–Kier alpha value is -0.190. The smallest absolute Gasteiger partial charge is 0.0556 e. The minimum Gasteiger partial charge on any atom is -0.316 e. The van der Waals surface area contributed by atoms with Gasteiger partial charge < -0.3 is 5.32 Å². The average molecular weight is 330 g/mol. The lowest BCUT2D eigenvalue weighted by molar-refractivity contribution is 0.408. The molecule has 1 N–H and O–H groups in total. The van der Waals surface area contributed by atoms with E-state index in [0.717, 1.165) is 9.37 Å². The Labute approximate surface area is 120 Å². The Kier molecular flexibility index (Phi) is 5.39. The Bertz CT molecular complexity index is 418. The van der Waals surface area contributed by atoms with Gasteiger partial charge in [-0.3, -0.25) is 4.21 Å². The average Bonchev–Trinajstić information content (AvgIpc) is 2.90. The highest BCUT2D eigenvalue weighted by atomic mass is 79.9. The van der Waals surface area contributed by atoms with E-state index in [9.17, 15) is 4.21 Å². The van der Waals surface area contributed by atoms with Gasteiger partial charge in [0.25, 0.3) is 0 Å². The molecule has 18 heavy (non-hydrogen) atoms. The Balaban J connectivity index is 2.03. The first-order valence-corrected chi connectivity index (χ1v) is 8.63. The molecule has 0 aliphatic heterocycles. The van der Waals surface area contributed by atoms with Gasteiger partial charge in [-0.2, -0.15) is 0 Å². The molecule has 2 rings (SSSR count). The summed E-state index contributed by atoms with van der Waals surface area (Å²) in [6.45, 7) is 0. The van der Waals surface area contributed by atoms with Gasteiger partial charge in [-0.25, -0.2) is 0 Å². The van der Waals surface area contributed by atoms with Crippen LogP contribution in [-0.4, -0.2) is 23.1 Å². The van der Waals surface area contributed by atoms with Crippen LogP contribution in [0.25, 0.3) is 0 Å². The summed E-state index contributed by atoms with van der Waals surface area (Å²) in [7, 11) is 1.06. The van der Waals surface area contributed by atoms with Crippen molar-refractivity contribution in [2.24, 2.45) is 5.92 Å². The van der Waals surface area contributed by atoms with Crippen LogP contribution in [0.5, 0.6) is 0 Å². The van der Waals surface area contributed by atoms with E-state index in [-0.39, 0.29) is 0 Å². The van der Waals surface area contributed by atoms with E-state index in [2.05, 4.69) is 21.2 Å². The zero-order chi connectivity index (χ0) is 13.0. The maximum absolute atomic E-state index is 12.4. The molecule has 0 bridgehead atoms. The predicted molar refractivity (Wildman–Crippen MR) is 80.2 cm³/mol. The summed E-state index contributed by atoms with van der Waals surface area (Å²) in [6.07, 6.45) is 5.20. The molecule has 1 aliphatic rings. The lowest BCUT2D eigenvalue weighted by Crippen LogP contribution is -2.37. The SMILES string of the molecule is CNC(CS(=O)c1ccccc1Br)C1CCCC1. The van der Waals surface area contributed by atoms with E-state index < -0.39 is 10.8 Å². The number of nitrogens with one attached hydrogen (secondary N) is 1. The Morgan fingerprint density at radius 1 is 1.39 bits per heavy atom. The molecule has 1 aromatic carbocycles. The van der Waals surface area contributed by atoms with Gasteiger partial charge in [0, 0.05) is 16.3 Å². The number of hydrogen-bond acceptors (Lipinski definition) is 2. The molecule has 4 heteroatoms. The molecule has 0 amide bonds. The Morgan fingerprint density at radius 3 is 2.67 bits per heavy atom. The second-order valence-corrected chi connectivity index (χ2v) is 7.20. The van der Waals surface area contributed by atoms with Crippen LogP contribution in [0.2, 0.25) is 0 Å². The number of halogens is 1. The summed E-state index contributed by atoms with van der Waals surface area (Å²) in [5, 5.41) is 3.36. The molecule has 2 atom stereocenters. The van der Waals surface area contributed by atoms with Crippen molar-refractivity contribution in [1.82, 2.24) is 5.32 Å². The highest BCUT2D eigenvalue weighted by Crippen LogP contribution is 2.29. The zero-order valence-corrected chi connectivity index (χ0v) is 13.1. The molecule has 0 spiro atoms. The first-order valence-electron chi connectivity index (χ1n) is 6.52. The monoisotopic (exact) mass is 329 g/mol. The largest absolute Gasteiger partial charge is 0.316 e. The van der Waals surface area contributed by atoms with Gasteiger partial charge in [0.15, 0.2) is 0 Å². The van der Waals surface area contributed by atoms with E-state index in [1.54, 1.807) is 0 Å². The van der Waals surface area contributed by atoms with Gasteiger partial charge in [-0.15, -0.1) is 0 Å².